The van der Waals surface area contributed by atoms with Crippen LogP contribution < -0.4 is 24.8 Å². The molecule has 3 aliphatic carbocycles. The number of pyridine rings is 1. The summed E-state index contributed by atoms with van der Waals surface area (Å²) in [6.45, 7) is 3.98. The summed E-state index contributed by atoms with van der Waals surface area (Å²) < 4.78 is 53.1. The molecule has 16 heteroatoms. The average molecular weight is 856 g/mol. The lowest BCUT2D eigenvalue weighted by molar-refractivity contribution is -0.141. The number of aryl methyl sites for hydroxylation is 2. The highest BCUT2D eigenvalue weighted by Gasteiger charge is 2.62. The molecule has 0 bridgehead atoms. The Balaban J connectivity index is 1.08. The van der Waals surface area contributed by atoms with Crippen molar-refractivity contribution in [3.63, 3.8) is 0 Å². The number of carbonyl (C=O) groups is 4. The van der Waals surface area contributed by atoms with Crippen molar-refractivity contribution in [2.24, 2.45) is 5.92 Å². The number of furan rings is 1. The monoisotopic (exact) mass is 855 g/mol. The third-order valence-corrected chi connectivity index (χ3v) is 15.0. The molecule has 1 saturated heterocycles. The van der Waals surface area contributed by atoms with Gasteiger partial charge in [0.2, 0.25) is 21.8 Å². The number of aromatic nitrogens is 1. The average Bonchev–Trinajstić information content (AvgIpc) is 4.05. The van der Waals surface area contributed by atoms with E-state index in [4.69, 9.17) is 23.6 Å². The number of ether oxygens (including phenoxy) is 3. The van der Waals surface area contributed by atoms with Crippen LogP contribution in [0.4, 0.5) is 4.79 Å². The maximum absolute atomic E-state index is 14.8. The molecule has 0 spiro atoms. The Bertz CT molecular complexity index is 2560. The van der Waals surface area contributed by atoms with Crippen LogP contribution in [0.3, 0.4) is 0 Å². The van der Waals surface area contributed by atoms with Crippen molar-refractivity contribution in [3.05, 3.63) is 53.6 Å². The Morgan fingerprint density at radius 2 is 1.72 bits per heavy atom. The zero-order chi connectivity index (χ0) is 42.6. The zero-order valence-corrected chi connectivity index (χ0v) is 35.6. The van der Waals surface area contributed by atoms with Gasteiger partial charge in [0.05, 0.1) is 24.3 Å². The van der Waals surface area contributed by atoms with E-state index in [0.29, 0.717) is 71.2 Å². The fourth-order valence-corrected chi connectivity index (χ4v) is 10.7. The number of nitrogens with zero attached hydrogens (tertiary/aromatic N) is 2. The molecular weight excluding hydrogens is 803 g/mol. The van der Waals surface area contributed by atoms with E-state index in [9.17, 15) is 27.6 Å². The number of amides is 4. The van der Waals surface area contributed by atoms with Crippen molar-refractivity contribution in [3.8, 4) is 11.5 Å². The first kappa shape index (κ1) is 41.0. The molecule has 3 N–H and O–H groups in total. The summed E-state index contributed by atoms with van der Waals surface area (Å²) in [7, 11) is -2.35. The second-order valence-corrected chi connectivity index (χ2v) is 19.5. The number of sulfonamides is 1. The zero-order valence-electron chi connectivity index (χ0n) is 34.8. The van der Waals surface area contributed by atoms with Gasteiger partial charge in [-0.1, -0.05) is 31.1 Å². The Morgan fingerprint density at radius 3 is 2.49 bits per heavy atom. The van der Waals surface area contributed by atoms with Gasteiger partial charge in [0.15, 0.2) is 11.3 Å². The van der Waals surface area contributed by atoms with Gasteiger partial charge in [-0.3, -0.25) is 19.1 Å². The summed E-state index contributed by atoms with van der Waals surface area (Å²) in [5, 5.41) is 6.53. The first-order valence-electron chi connectivity index (χ1n) is 21.6. The van der Waals surface area contributed by atoms with Gasteiger partial charge in [-0.25, -0.2) is 18.2 Å². The van der Waals surface area contributed by atoms with Crippen LogP contribution in [0.1, 0.15) is 94.6 Å². The fourth-order valence-electron chi connectivity index (χ4n) is 9.29. The van der Waals surface area contributed by atoms with Crippen molar-refractivity contribution in [2.45, 2.75) is 132 Å². The van der Waals surface area contributed by atoms with Crippen LogP contribution in [0.5, 0.6) is 11.5 Å². The van der Waals surface area contributed by atoms with Crippen molar-refractivity contribution in [1.82, 2.24) is 25.2 Å². The molecule has 0 unspecified atom stereocenters. The summed E-state index contributed by atoms with van der Waals surface area (Å²) in [6, 6.07) is 7.32. The van der Waals surface area contributed by atoms with Crippen LogP contribution in [0.25, 0.3) is 33.0 Å². The molecule has 2 aliphatic heterocycles. The lowest BCUT2D eigenvalue weighted by atomic mass is 10.0. The van der Waals surface area contributed by atoms with Crippen LogP contribution in [0.15, 0.2) is 46.9 Å². The topological polar surface area (TPSA) is 195 Å². The Hall–Kier alpha value is -5.38. The standard InChI is InChI=1S/C45H53N5O10S/c1-25-20-32-36(21-26(25)2)60-40-38(32)47-37-31(15-11-17-35(37)57-3)39(40)58-29-22-34-41(51)48-45(43(53)49-61(55,56)30-18-19-30)23-27(45)12-7-5-4-6-8-16-33(42(52)50(34)24-29)46-44(54)59-28-13-9-10-14-28/h7,11-12,15,17,20-21,27-30,33-34H,4-6,8-10,13-14,16,18-19,22-24H2,1-3H3,(H,46,54)(H,48,51)(H,49,53)/t27-,29-,33+,34+,45-/m1/s1. The second-order valence-electron chi connectivity index (χ2n) is 17.5. The number of rotatable bonds is 8. The summed E-state index contributed by atoms with van der Waals surface area (Å²) in [6.07, 6.45) is 9.97. The van der Waals surface area contributed by atoms with Crippen LogP contribution in [0, 0.1) is 19.8 Å². The molecule has 5 atom stereocenters. The molecule has 61 heavy (non-hydrogen) atoms. The third-order valence-electron chi connectivity index (χ3n) is 13.2. The summed E-state index contributed by atoms with van der Waals surface area (Å²) >= 11 is 0. The number of methoxy groups -OCH3 is 1. The van der Waals surface area contributed by atoms with E-state index >= 15 is 0 Å². The van der Waals surface area contributed by atoms with Gasteiger partial charge in [0, 0.05) is 17.7 Å². The van der Waals surface area contributed by atoms with Crippen LogP contribution in [-0.4, -0.2) is 90.9 Å². The smallest absolute Gasteiger partial charge is 0.408 e. The molecular formula is C45H53N5O10S. The van der Waals surface area contributed by atoms with E-state index in [2.05, 4.69) is 15.4 Å². The fraction of sp³-hybridized carbons (Fsp3) is 0.533. The van der Waals surface area contributed by atoms with Gasteiger partial charge >= 0.3 is 6.09 Å². The molecule has 4 fully saturated rings. The quantitative estimate of drug-likeness (QED) is 0.172. The number of benzene rings is 2. The van der Waals surface area contributed by atoms with Gasteiger partial charge in [0.1, 0.15) is 52.2 Å². The van der Waals surface area contributed by atoms with E-state index in [1.54, 1.807) is 7.11 Å². The maximum Gasteiger partial charge on any atom is 0.408 e. The molecule has 3 saturated carbocycles. The Kier molecular flexibility index (Phi) is 10.9. The van der Waals surface area contributed by atoms with E-state index in [1.165, 1.54) is 4.90 Å². The molecule has 9 rings (SSSR count). The van der Waals surface area contributed by atoms with Crippen molar-refractivity contribution < 1.29 is 46.2 Å². The Morgan fingerprint density at radius 1 is 0.951 bits per heavy atom. The molecule has 15 nitrogen and oxygen atoms in total. The molecule has 4 amide bonds. The number of carbonyl (C=O) groups excluding carboxylic acids is 4. The van der Waals surface area contributed by atoms with E-state index in [-0.39, 0.29) is 25.5 Å². The molecule has 4 aromatic rings. The number of para-hydroxylation sites is 1. The number of fused-ring (bicyclic) bond motifs is 6. The summed E-state index contributed by atoms with van der Waals surface area (Å²) in [5.41, 5.74) is 2.71. The lowest BCUT2D eigenvalue weighted by Gasteiger charge is -2.30. The van der Waals surface area contributed by atoms with E-state index < -0.39 is 68.7 Å². The van der Waals surface area contributed by atoms with E-state index in [0.717, 1.165) is 55.0 Å². The molecule has 4 heterocycles. The van der Waals surface area contributed by atoms with Crippen LogP contribution in [-0.2, 0) is 29.1 Å². The van der Waals surface area contributed by atoms with E-state index in [1.807, 2.05) is 56.3 Å². The van der Waals surface area contributed by atoms with Gasteiger partial charge in [-0.05, 0) is 113 Å². The predicted octanol–water partition coefficient (Wildman–Crippen LogP) is 6.15. The number of allylic oxidation sites excluding steroid dienone is 1. The SMILES string of the molecule is COc1cccc2c(O[C@@H]3C[C@H]4C(=O)N[C@]5(C(=O)NS(=O)(=O)C6CC6)C[C@H]5C=CCCCCC[C@H](NC(=O)OC5CCCC5)C(=O)N4C3)c3oc4cc(C)c(C)cc4c3nc12. The Labute approximate surface area is 354 Å². The highest BCUT2D eigenvalue weighted by molar-refractivity contribution is 7.91. The molecule has 0 radical (unpaired) electrons. The second kappa shape index (κ2) is 16.1. The maximum atomic E-state index is 14.8. The molecule has 2 aromatic heterocycles. The molecule has 5 aliphatic rings. The number of nitrogens with one attached hydrogen (secondary N) is 3. The lowest BCUT2D eigenvalue weighted by Crippen LogP contribution is -2.58. The predicted molar refractivity (Wildman–Crippen MR) is 227 cm³/mol. The number of hydrogen-bond acceptors (Lipinski definition) is 11. The van der Waals surface area contributed by atoms with Crippen LogP contribution >= 0.6 is 0 Å². The van der Waals surface area contributed by atoms with Crippen molar-refractivity contribution in [2.75, 3.05) is 13.7 Å². The number of alkyl carbamates (subject to hydrolysis) is 1. The highest BCUT2D eigenvalue weighted by Crippen LogP contribution is 2.47. The third kappa shape index (κ3) is 7.99. The summed E-state index contributed by atoms with van der Waals surface area (Å²) in [4.78, 5) is 63.2. The molecule has 2 aromatic carbocycles. The minimum Gasteiger partial charge on any atom is -0.494 e. The van der Waals surface area contributed by atoms with Crippen molar-refractivity contribution in [1.29, 1.82) is 0 Å². The minimum atomic E-state index is -3.92. The van der Waals surface area contributed by atoms with Crippen molar-refractivity contribution >= 4 is 66.8 Å². The van der Waals surface area contributed by atoms with Gasteiger partial charge in [0.25, 0.3) is 5.91 Å². The first-order chi connectivity index (χ1) is 29.3. The van der Waals surface area contributed by atoms with Gasteiger partial charge in [-0.15, -0.1) is 0 Å². The van der Waals surface area contributed by atoms with Gasteiger partial charge in [-0.2, -0.15) is 0 Å². The highest BCUT2D eigenvalue weighted by atomic mass is 32.2. The number of hydrogen-bond donors (Lipinski definition) is 3. The van der Waals surface area contributed by atoms with Gasteiger partial charge < -0.3 is 34.2 Å². The van der Waals surface area contributed by atoms with Crippen LogP contribution in [0.2, 0.25) is 0 Å². The summed E-state index contributed by atoms with van der Waals surface area (Å²) in [5.74, 6) is -1.45. The first-order valence-corrected chi connectivity index (χ1v) is 23.2. The minimum absolute atomic E-state index is 0.0170. The largest absolute Gasteiger partial charge is 0.494 e. The molecule has 324 valence electrons. The normalized spacial score (nSPS) is 26.3.